The van der Waals surface area contributed by atoms with Gasteiger partial charge in [-0.15, -0.1) is 12.4 Å². The molecule has 1 aromatic heterocycles. The fraction of sp³-hybridized carbons (Fsp3) is 0.500. The molecule has 62 valence electrons. The minimum atomic E-state index is 0. The van der Waals surface area contributed by atoms with Crippen LogP contribution in [-0.2, 0) is 13.1 Å². The smallest absolute Gasteiger partial charge is 0.145 e. The Morgan fingerprint density at radius 2 is 2.45 bits per heavy atom. The Hall–Kier alpha value is -0.740. The number of nitrogens with one attached hydrogen (secondary N) is 1. The lowest BCUT2D eigenvalue weighted by molar-refractivity contribution is 0.476. The van der Waals surface area contributed by atoms with Gasteiger partial charge in [0.25, 0.3) is 0 Å². The van der Waals surface area contributed by atoms with Crippen molar-refractivity contribution in [2.75, 3.05) is 12.3 Å². The van der Waals surface area contributed by atoms with Crippen molar-refractivity contribution in [1.82, 2.24) is 15.1 Å². The van der Waals surface area contributed by atoms with Crippen molar-refractivity contribution < 1.29 is 0 Å². The van der Waals surface area contributed by atoms with Gasteiger partial charge in [-0.05, 0) is 0 Å². The van der Waals surface area contributed by atoms with E-state index >= 15 is 0 Å². The van der Waals surface area contributed by atoms with E-state index in [9.17, 15) is 0 Å². The lowest BCUT2D eigenvalue weighted by atomic mass is 10.3. The van der Waals surface area contributed by atoms with E-state index in [-0.39, 0.29) is 12.4 Å². The number of nitrogens with zero attached hydrogens (tertiary/aromatic N) is 2. The molecular formula is C6H11ClN4. The van der Waals surface area contributed by atoms with Crippen LogP contribution < -0.4 is 11.1 Å². The minimum Gasteiger partial charge on any atom is -0.382 e. The predicted octanol–water partition coefficient (Wildman–Crippen LogP) is -0.00970. The van der Waals surface area contributed by atoms with E-state index in [1.54, 1.807) is 0 Å². The van der Waals surface area contributed by atoms with Crippen molar-refractivity contribution in [1.29, 1.82) is 0 Å². The van der Waals surface area contributed by atoms with Crippen molar-refractivity contribution in [3.63, 3.8) is 0 Å². The fourth-order valence-corrected chi connectivity index (χ4v) is 1.22. The summed E-state index contributed by atoms with van der Waals surface area (Å²) in [5.74, 6) is 0.624. The third-order valence-corrected chi connectivity index (χ3v) is 1.69. The van der Waals surface area contributed by atoms with Crippen LogP contribution in [0, 0.1) is 0 Å². The molecule has 0 bridgehead atoms. The number of nitrogen functional groups attached to an aromatic ring is 1. The van der Waals surface area contributed by atoms with Gasteiger partial charge in [0.2, 0.25) is 0 Å². The van der Waals surface area contributed by atoms with Crippen LogP contribution in [0.15, 0.2) is 6.07 Å². The summed E-state index contributed by atoms with van der Waals surface area (Å²) in [4.78, 5) is 0. The highest BCUT2D eigenvalue weighted by Crippen LogP contribution is 2.07. The monoisotopic (exact) mass is 174 g/mol. The quantitative estimate of drug-likeness (QED) is 0.582. The molecule has 3 N–H and O–H groups in total. The fourth-order valence-electron chi connectivity index (χ4n) is 1.22. The zero-order valence-electron chi connectivity index (χ0n) is 6.08. The van der Waals surface area contributed by atoms with E-state index in [2.05, 4.69) is 10.4 Å². The predicted molar refractivity (Wildman–Crippen MR) is 45.6 cm³/mol. The Kier molecular flexibility index (Phi) is 2.36. The molecule has 2 rings (SSSR count). The van der Waals surface area contributed by atoms with Gasteiger partial charge in [-0.2, -0.15) is 5.10 Å². The first-order chi connectivity index (χ1) is 4.86. The first kappa shape index (κ1) is 8.36. The second-order valence-corrected chi connectivity index (χ2v) is 2.46. The maximum Gasteiger partial charge on any atom is 0.145 e. The minimum absolute atomic E-state index is 0. The van der Waals surface area contributed by atoms with Crippen LogP contribution in [-0.4, -0.2) is 16.3 Å². The molecule has 11 heavy (non-hydrogen) atoms. The summed E-state index contributed by atoms with van der Waals surface area (Å²) >= 11 is 0. The Labute approximate surface area is 71.2 Å². The van der Waals surface area contributed by atoms with Crippen LogP contribution in [0.1, 0.15) is 5.69 Å². The molecule has 0 unspecified atom stereocenters. The van der Waals surface area contributed by atoms with Gasteiger partial charge in [-0.3, -0.25) is 4.68 Å². The van der Waals surface area contributed by atoms with Gasteiger partial charge < -0.3 is 11.1 Å². The Balaban J connectivity index is 0.000000605. The highest BCUT2D eigenvalue weighted by Gasteiger charge is 2.08. The number of nitrogens with two attached hydrogens (primary N) is 1. The zero-order chi connectivity index (χ0) is 6.97. The summed E-state index contributed by atoms with van der Waals surface area (Å²) in [6, 6.07) is 1.91. The van der Waals surface area contributed by atoms with Crippen molar-refractivity contribution in [3.05, 3.63) is 11.8 Å². The molecule has 1 aromatic rings. The molecule has 1 aliphatic rings. The van der Waals surface area contributed by atoms with Gasteiger partial charge >= 0.3 is 0 Å². The molecule has 0 atom stereocenters. The normalized spacial score (nSPS) is 15.3. The molecule has 4 nitrogen and oxygen atoms in total. The summed E-state index contributed by atoms with van der Waals surface area (Å²) in [7, 11) is 0. The first-order valence-electron chi connectivity index (χ1n) is 3.39. The molecule has 5 heteroatoms. The van der Waals surface area contributed by atoms with Crippen LogP contribution in [0.2, 0.25) is 0 Å². The topological polar surface area (TPSA) is 55.9 Å². The van der Waals surface area contributed by atoms with Crippen molar-refractivity contribution in [2.45, 2.75) is 13.1 Å². The number of anilines is 1. The lowest BCUT2D eigenvalue weighted by Crippen LogP contribution is -2.28. The first-order valence-corrected chi connectivity index (χ1v) is 3.39. The lowest BCUT2D eigenvalue weighted by Gasteiger charge is -2.13. The molecule has 0 amide bonds. The molecule has 0 aliphatic carbocycles. The van der Waals surface area contributed by atoms with Gasteiger partial charge in [0.15, 0.2) is 0 Å². The third kappa shape index (κ3) is 1.46. The SMILES string of the molecule is Cl.Nc1cc2n(n1)CCNC2. The van der Waals surface area contributed by atoms with Crippen LogP contribution in [0.3, 0.4) is 0 Å². The van der Waals surface area contributed by atoms with Crippen molar-refractivity contribution in [3.8, 4) is 0 Å². The number of hydrogen-bond donors (Lipinski definition) is 2. The van der Waals surface area contributed by atoms with Gasteiger partial charge in [0.05, 0.1) is 12.2 Å². The zero-order valence-corrected chi connectivity index (χ0v) is 6.90. The van der Waals surface area contributed by atoms with E-state index in [0.29, 0.717) is 5.82 Å². The van der Waals surface area contributed by atoms with E-state index in [4.69, 9.17) is 5.73 Å². The third-order valence-electron chi connectivity index (χ3n) is 1.69. The maximum absolute atomic E-state index is 5.50. The summed E-state index contributed by atoms with van der Waals surface area (Å²) in [6.07, 6.45) is 0. The highest BCUT2D eigenvalue weighted by molar-refractivity contribution is 5.85. The molecule has 0 radical (unpaired) electrons. The summed E-state index contributed by atoms with van der Waals surface area (Å²) in [6.45, 7) is 2.82. The average Bonchev–Trinajstić information content (AvgIpc) is 2.27. The number of rotatable bonds is 0. The molecule has 0 saturated heterocycles. The van der Waals surface area contributed by atoms with Crippen LogP contribution in [0.5, 0.6) is 0 Å². The van der Waals surface area contributed by atoms with E-state index < -0.39 is 0 Å². The molecule has 0 spiro atoms. The van der Waals surface area contributed by atoms with Gasteiger partial charge in [0.1, 0.15) is 5.82 Å². The second-order valence-electron chi connectivity index (χ2n) is 2.46. The molecule has 2 heterocycles. The van der Waals surface area contributed by atoms with Crippen LogP contribution >= 0.6 is 12.4 Å². The number of halogens is 1. The van der Waals surface area contributed by atoms with Crippen molar-refractivity contribution in [2.24, 2.45) is 0 Å². The standard InChI is InChI=1S/C6H10N4.ClH/c7-6-3-5-4-8-1-2-10(5)9-6;/h3,8H,1-2,4H2,(H2,7,9);1H. The van der Waals surface area contributed by atoms with Crippen molar-refractivity contribution >= 4 is 18.2 Å². The number of hydrogen-bond acceptors (Lipinski definition) is 3. The van der Waals surface area contributed by atoms with E-state index in [1.807, 2.05) is 10.7 Å². The van der Waals surface area contributed by atoms with Gasteiger partial charge in [-0.25, -0.2) is 0 Å². The Morgan fingerprint density at radius 3 is 3.18 bits per heavy atom. The van der Waals surface area contributed by atoms with Crippen LogP contribution in [0.4, 0.5) is 5.82 Å². The number of fused-ring (bicyclic) bond motifs is 1. The van der Waals surface area contributed by atoms with Gasteiger partial charge in [0, 0.05) is 19.2 Å². The van der Waals surface area contributed by atoms with E-state index in [1.165, 1.54) is 5.69 Å². The number of aromatic nitrogens is 2. The molecule has 0 saturated carbocycles. The molecular weight excluding hydrogens is 164 g/mol. The average molecular weight is 175 g/mol. The summed E-state index contributed by atoms with van der Waals surface area (Å²) in [5.41, 5.74) is 6.68. The second kappa shape index (κ2) is 3.11. The summed E-state index contributed by atoms with van der Waals surface area (Å²) in [5, 5.41) is 7.34. The van der Waals surface area contributed by atoms with Gasteiger partial charge in [-0.1, -0.05) is 0 Å². The highest BCUT2D eigenvalue weighted by atomic mass is 35.5. The molecule has 1 aliphatic heterocycles. The molecule has 0 aromatic carbocycles. The Bertz CT molecular complexity index is 221. The maximum atomic E-state index is 5.50. The molecule has 0 fully saturated rings. The van der Waals surface area contributed by atoms with Crippen LogP contribution in [0.25, 0.3) is 0 Å². The van der Waals surface area contributed by atoms with E-state index in [0.717, 1.165) is 19.6 Å². The Morgan fingerprint density at radius 1 is 1.64 bits per heavy atom. The summed E-state index contributed by atoms with van der Waals surface area (Å²) < 4.78 is 1.95. The largest absolute Gasteiger partial charge is 0.382 e.